The van der Waals surface area contributed by atoms with Crippen LogP contribution in [0.2, 0.25) is 0 Å². The summed E-state index contributed by atoms with van der Waals surface area (Å²) in [7, 11) is 0. The molecule has 7 heteroatoms. The molecule has 1 fully saturated rings. The minimum atomic E-state index is -0.111. The van der Waals surface area contributed by atoms with Crippen molar-refractivity contribution in [2.45, 2.75) is 51.8 Å². The van der Waals surface area contributed by atoms with Gasteiger partial charge >= 0.3 is 0 Å². The highest BCUT2D eigenvalue weighted by Crippen LogP contribution is 2.31. The van der Waals surface area contributed by atoms with E-state index < -0.39 is 0 Å². The number of ether oxygens (including phenoxy) is 1. The maximum atomic E-state index is 12.9. The first-order valence-corrected chi connectivity index (χ1v) is 10.1. The molecule has 1 aromatic heterocycles. The molecule has 2 amide bonds. The van der Waals surface area contributed by atoms with E-state index in [4.69, 9.17) is 4.74 Å². The summed E-state index contributed by atoms with van der Waals surface area (Å²) in [5.41, 5.74) is 2.00. The van der Waals surface area contributed by atoms with E-state index in [1.165, 1.54) is 12.4 Å². The number of carbonyl (C=O) groups excluding carboxylic acids is 2. The van der Waals surface area contributed by atoms with Crippen molar-refractivity contribution in [1.29, 1.82) is 0 Å². The zero-order valence-corrected chi connectivity index (χ0v) is 17.2. The molecule has 29 heavy (non-hydrogen) atoms. The van der Waals surface area contributed by atoms with Gasteiger partial charge in [0.05, 0.1) is 12.3 Å². The number of benzene rings is 1. The van der Waals surface area contributed by atoms with E-state index in [-0.39, 0.29) is 30.0 Å². The standard InChI is InChI=1S/C22H28N4O3/c1-4-26(22(28)19-14-23-10-11-24-19)18-9-12-29-20(13-18)16-5-7-17(8-6-16)21(27)25-15(2)3/h5-8,10-11,14-15,18,20H,4,9,12-13H2,1-3H3,(H,25,27)/t18-,20+/m1/s1. The molecule has 1 aromatic carbocycles. The number of aromatic nitrogens is 2. The highest BCUT2D eigenvalue weighted by Gasteiger charge is 2.31. The first-order valence-electron chi connectivity index (χ1n) is 10.1. The molecule has 154 valence electrons. The highest BCUT2D eigenvalue weighted by molar-refractivity contribution is 5.94. The largest absolute Gasteiger partial charge is 0.373 e. The van der Waals surface area contributed by atoms with Crippen molar-refractivity contribution in [2.75, 3.05) is 13.2 Å². The SMILES string of the molecule is CCN(C(=O)c1cnccn1)[C@@H]1CCO[C@H](c2ccc(C(=O)NC(C)C)cc2)C1. The van der Waals surface area contributed by atoms with Crippen molar-refractivity contribution < 1.29 is 14.3 Å². The van der Waals surface area contributed by atoms with Crippen molar-refractivity contribution in [3.63, 3.8) is 0 Å². The Morgan fingerprint density at radius 2 is 2.00 bits per heavy atom. The van der Waals surface area contributed by atoms with Crippen LogP contribution in [-0.4, -0.2) is 51.9 Å². The fourth-order valence-corrected chi connectivity index (χ4v) is 3.61. The lowest BCUT2D eigenvalue weighted by atomic mass is 9.95. The van der Waals surface area contributed by atoms with Gasteiger partial charge in [0.15, 0.2) is 0 Å². The van der Waals surface area contributed by atoms with Crippen LogP contribution in [0.25, 0.3) is 0 Å². The second kappa shape index (κ2) is 9.60. The van der Waals surface area contributed by atoms with E-state index >= 15 is 0 Å². The van der Waals surface area contributed by atoms with Gasteiger partial charge in [-0.25, -0.2) is 4.98 Å². The molecule has 1 N–H and O–H groups in total. The lowest BCUT2D eigenvalue weighted by molar-refractivity contribution is -0.0233. The lowest BCUT2D eigenvalue weighted by Gasteiger charge is -2.37. The van der Waals surface area contributed by atoms with Crippen LogP contribution in [0.15, 0.2) is 42.9 Å². The van der Waals surface area contributed by atoms with Gasteiger partial charge in [0.2, 0.25) is 0 Å². The van der Waals surface area contributed by atoms with Crippen LogP contribution in [0, 0.1) is 0 Å². The maximum Gasteiger partial charge on any atom is 0.274 e. The number of nitrogens with zero attached hydrogens (tertiary/aromatic N) is 3. The van der Waals surface area contributed by atoms with Gasteiger partial charge in [-0.05, 0) is 51.3 Å². The topological polar surface area (TPSA) is 84.4 Å². The Morgan fingerprint density at radius 1 is 1.24 bits per heavy atom. The van der Waals surface area contributed by atoms with Crippen LogP contribution >= 0.6 is 0 Å². The number of carbonyl (C=O) groups is 2. The van der Waals surface area contributed by atoms with E-state index in [1.54, 1.807) is 6.20 Å². The Kier molecular flexibility index (Phi) is 6.93. The van der Waals surface area contributed by atoms with E-state index in [0.717, 1.165) is 12.0 Å². The number of hydrogen-bond acceptors (Lipinski definition) is 5. The van der Waals surface area contributed by atoms with Gasteiger partial charge in [-0.1, -0.05) is 12.1 Å². The molecule has 0 bridgehead atoms. The van der Waals surface area contributed by atoms with Crippen molar-refractivity contribution >= 4 is 11.8 Å². The van der Waals surface area contributed by atoms with Crippen LogP contribution in [0.5, 0.6) is 0 Å². The number of amides is 2. The van der Waals surface area contributed by atoms with Crippen LogP contribution in [0.1, 0.15) is 66.1 Å². The summed E-state index contributed by atoms with van der Waals surface area (Å²) in [6, 6.07) is 7.67. The Balaban J connectivity index is 1.69. The van der Waals surface area contributed by atoms with Gasteiger partial charge in [0, 0.05) is 43.2 Å². The molecule has 0 unspecified atom stereocenters. The maximum absolute atomic E-state index is 12.9. The molecular weight excluding hydrogens is 368 g/mol. The summed E-state index contributed by atoms with van der Waals surface area (Å²) in [6.07, 6.45) is 5.97. The fourth-order valence-electron chi connectivity index (χ4n) is 3.61. The van der Waals surface area contributed by atoms with Gasteiger partial charge in [0.25, 0.3) is 11.8 Å². The zero-order valence-electron chi connectivity index (χ0n) is 17.2. The highest BCUT2D eigenvalue weighted by atomic mass is 16.5. The molecule has 2 heterocycles. The summed E-state index contributed by atoms with van der Waals surface area (Å²) in [4.78, 5) is 35.0. The van der Waals surface area contributed by atoms with Gasteiger partial charge in [0.1, 0.15) is 5.69 Å². The van der Waals surface area contributed by atoms with Crippen LogP contribution in [0.3, 0.4) is 0 Å². The van der Waals surface area contributed by atoms with Crippen LogP contribution in [-0.2, 0) is 4.74 Å². The minimum absolute atomic E-state index is 0.0668. The molecule has 1 aliphatic heterocycles. The molecule has 0 spiro atoms. The quantitative estimate of drug-likeness (QED) is 0.811. The molecule has 0 radical (unpaired) electrons. The van der Waals surface area contributed by atoms with Gasteiger partial charge in [-0.15, -0.1) is 0 Å². The molecular formula is C22H28N4O3. The zero-order chi connectivity index (χ0) is 20.8. The molecule has 3 rings (SSSR count). The number of hydrogen-bond donors (Lipinski definition) is 1. The van der Waals surface area contributed by atoms with Crippen LogP contribution in [0.4, 0.5) is 0 Å². The first-order chi connectivity index (χ1) is 14.0. The third-order valence-electron chi connectivity index (χ3n) is 5.05. The normalized spacial score (nSPS) is 19.0. The van der Waals surface area contributed by atoms with Crippen molar-refractivity contribution in [3.05, 3.63) is 59.7 Å². The monoisotopic (exact) mass is 396 g/mol. The van der Waals surface area contributed by atoms with Crippen molar-refractivity contribution in [3.8, 4) is 0 Å². The summed E-state index contributed by atoms with van der Waals surface area (Å²) in [6.45, 7) is 7.02. The van der Waals surface area contributed by atoms with Gasteiger partial charge in [-0.2, -0.15) is 0 Å². The average Bonchev–Trinajstić information content (AvgIpc) is 2.74. The van der Waals surface area contributed by atoms with E-state index in [2.05, 4.69) is 15.3 Å². The predicted molar refractivity (Wildman–Crippen MR) is 110 cm³/mol. The van der Waals surface area contributed by atoms with Gasteiger partial charge in [-0.3, -0.25) is 14.6 Å². The summed E-state index contributed by atoms with van der Waals surface area (Å²) >= 11 is 0. The smallest absolute Gasteiger partial charge is 0.274 e. The van der Waals surface area contributed by atoms with E-state index in [9.17, 15) is 9.59 Å². The second-order valence-electron chi connectivity index (χ2n) is 7.47. The first kappa shape index (κ1) is 20.9. The Bertz CT molecular complexity index is 824. The van der Waals surface area contributed by atoms with Crippen LogP contribution < -0.4 is 5.32 Å². The molecule has 1 saturated heterocycles. The van der Waals surface area contributed by atoms with E-state index in [0.29, 0.717) is 30.8 Å². The number of nitrogens with one attached hydrogen (secondary N) is 1. The number of rotatable bonds is 6. The lowest BCUT2D eigenvalue weighted by Crippen LogP contribution is -2.44. The second-order valence-corrected chi connectivity index (χ2v) is 7.47. The average molecular weight is 396 g/mol. The summed E-state index contributed by atoms with van der Waals surface area (Å²) in [5, 5.41) is 2.89. The molecule has 7 nitrogen and oxygen atoms in total. The Hall–Kier alpha value is -2.80. The minimum Gasteiger partial charge on any atom is -0.373 e. The predicted octanol–water partition coefficient (Wildman–Crippen LogP) is 3.00. The van der Waals surface area contributed by atoms with E-state index in [1.807, 2.05) is 49.9 Å². The summed E-state index contributed by atoms with van der Waals surface area (Å²) in [5.74, 6) is -0.187. The molecule has 2 atom stereocenters. The molecule has 1 aliphatic rings. The van der Waals surface area contributed by atoms with Crippen molar-refractivity contribution in [2.24, 2.45) is 0 Å². The molecule has 0 saturated carbocycles. The summed E-state index contributed by atoms with van der Waals surface area (Å²) < 4.78 is 5.97. The van der Waals surface area contributed by atoms with Crippen molar-refractivity contribution in [1.82, 2.24) is 20.2 Å². The molecule has 0 aliphatic carbocycles. The fraction of sp³-hybridized carbons (Fsp3) is 0.455. The Labute approximate surface area is 171 Å². The third-order valence-corrected chi connectivity index (χ3v) is 5.05. The van der Waals surface area contributed by atoms with Gasteiger partial charge < -0.3 is 15.0 Å². The molecule has 2 aromatic rings. The third kappa shape index (κ3) is 5.17. The Morgan fingerprint density at radius 3 is 2.62 bits per heavy atom.